The molecule has 1 aliphatic carbocycles. The molecule has 1 saturated carbocycles. The monoisotopic (exact) mass is 271 g/mol. The van der Waals surface area contributed by atoms with Gasteiger partial charge < -0.3 is 14.6 Å². The maximum absolute atomic E-state index is 12.2. The molecule has 1 aliphatic heterocycles. The van der Waals surface area contributed by atoms with E-state index in [4.69, 9.17) is 9.47 Å². The van der Waals surface area contributed by atoms with Gasteiger partial charge in [-0.05, 0) is 40.5 Å². The lowest BCUT2D eigenvalue weighted by Crippen LogP contribution is -2.51. The van der Waals surface area contributed by atoms with Crippen LogP contribution in [0.4, 0.5) is 4.79 Å². The van der Waals surface area contributed by atoms with Gasteiger partial charge in [0.2, 0.25) is 0 Å². The first-order valence-electron chi connectivity index (χ1n) is 6.60. The zero-order valence-electron chi connectivity index (χ0n) is 11.8. The minimum Gasteiger partial charge on any atom is -0.464 e. The van der Waals surface area contributed by atoms with Crippen LogP contribution in [0.3, 0.4) is 0 Å². The van der Waals surface area contributed by atoms with Crippen molar-refractivity contribution in [2.24, 2.45) is 5.92 Å². The van der Waals surface area contributed by atoms with Crippen LogP contribution < -0.4 is 0 Å². The zero-order chi connectivity index (χ0) is 14.4. The maximum atomic E-state index is 12.2. The maximum Gasteiger partial charge on any atom is 0.413 e. The normalized spacial score (nSPS) is 32.8. The number of rotatable bonds is 2. The molecular weight excluding hydrogens is 250 g/mol. The molecule has 2 aliphatic rings. The smallest absolute Gasteiger partial charge is 0.413 e. The highest BCUT2D eigenvalue weighted by atomic mass is 16.6. The summed E-state index contributed by atoms with van der Waals surface area (Å²) in [5.41, 5.74) is -1.67. The summed E-state index contributed by atoms with van der Waals surface area (Å²) >= 11 is 0. The van der Waals surface area contributed by atoms with Crippen molar-refractivity contribution >= 4 is 12.1 Å². The Bertz CT molecular complexity index is 402. The predicted molar refractivity (Wildman–Crippen MR) is 66.2 cm³/mol. The van der Waals surface area contributed by atoms with E-state index in [1.807, 2.05) is 0 Å². The van der Waals surface area contributed by atoms with E-state index in [1.54, 1.807) is 27.7 Å². The quantitative estimate of drug-likeness (QED) is 0.765. The number of hydrogen-bond donors (Lipinski definition) is 1. The molecule has 1 amide bonds. The minimum atomic E-state index is -1.00. The summed E-state index contributed by atoms with van der Waals surface area (Å²) in [4.78, 5) is 25.4. The molecule has 6 heteroatoms. The van der Waals surface area contributed by atoms with Gasteiger partial charge in [-0.1, -0.05) is 0 Å². The molecule has 0 aromatic rings. The van der Waals surface area contributed by atoms with Gasteiger partial charge in [-0.3, -0.25) is 4.90 Å². The summed E-state index contributed by atoms with van der Waals surface area (Å²) in [7, 11) is 0. The highest BCUT2D eigenvalue weighted by Gasteiger charge is 2.73. The number of fused-ring (bicyclic) bond motifs is 1. The molecule has 1 N–H and O–H groups in total. The van der Waals surface area contributed by atoms with Crippen molar-refractivity contribution in [3.8, 4) is 0 Å². The lowest BCUT2D eigenvalue weighted by molar-refractivity contribution is -0.154. The van der Waals surface area contributed by atoms with Crippen LogP contribution in [0.1, 0.15) is 40.5 Å². The fourth-order valence-corrected chi connectivity index (χ4v) is 2.72. The van der Waals surface area contributed by atoms with Crippen molar-refractivity contribution in [1.82, 2.24) is 4.90 Å². The standard InChI is InChI=1S/C13H21NO5/c1-5-18-10(16)13-7-8(13)6-9(15)14(13)11(17)19-12(2,3)4/h8-9,15H,5-7H2,1-4H3/t8-,9?,13+/m1/s1. The number of hydrogen-bond acceptors (Lipinski definition) is 5. The zero-order valence-corrected chi connectivity index (χ0v) is 11.8. The van der Waals surface area contributed by atoms with Crippen LogP contribution in [0.25, 0.3) is 0 Å². The third kappa shape index (κ3) is 2.29. The fraction of sp³-hybridized carbons (Fsp3) is 0.846. The number of carbonyl (C=O) groups is 2. The van der Waals surface area contributed by atoms with Crippen molar-refractivity contribution in [2.45, 2.75) is 57.9 Å². The summed E-state index contributed by atoms with van der Waals surface area (Å²) in [6, 6.07) is 0. The molecule has 1 saturated heterocycles. The fourth-order valence-electron chi connectivity index (χ4n) is 2.72. The number of carbonyl (C=O) groups excluding carboxylic acids is 2. The molecule has 0 aromatic carbocycles. The predicted octanol–water partition coefficient (Wildman–Crippen LogP) is 1.27. The molecule has 2 rings (SSSR count). The number of esters is 1. The van der Waals surface area contributed by atoms with E-state index in [-0.39, 0.29) is 12.5 Å². The molecule has 19 heavy (non-hydrogen) atoms. The van der Waals surface area contributed by atoms with E-state index in [0.717, 1.165) is 4.90 Å². The Labute approximate surface area is 112 Å². The first-order chi connectivity index (χ1) is 8.72. The first kappa shape index (κ1) is 14.1. The Kier molecular flexibility index (Phi) is 3.24. The average molecular weight is 271 g/mol. The van der Waals surface area contributed by atoms with E-state index >= 15 is 0 Å². The number of amides is 1. The van der Waals surface area contributed by atoms with Crippen molar-refractivity contribution in [2.75, 3.05) is 6.61 Å². The first-order valence-corrected chi connectivity index (χ1v) is 6.60. The second-order valence-corrected chi connectivity index (χ2v) is 6.11. The molecule has 108 valence electrons. The van der Waals surface area contributed by atoms with E-state index in [1.165, 1.54) is 0 Å². The minimum absolute atomic E-state index is 0.0194. The van der Waals surface area contributed by atoms with Crippen LogP contribution >= 0.6 is 0 Å². The van der Waals surface area contributed by atoms with Crippen LogP contribution in [-0.4, -0.2) is 46.0 Å². The lowest BCUT2D eigenvalue weighted by Gasteiger charge is -2.32. The van der Waals surface area contributed by atoms with Gasteiger partial charge in [0.05, 0.1) is 6.61 Å². The van der Waals surface area contributed by atoms with Gasteiger partial charge >= 0.3 is 12.1 Å². The van der Waals surface area contributed by atoms with E-state index < -0.39 is 29.4 Å². The van der Waals surface area contributed by atoms with Gasteiger partial charge in [-0.2, -0.15) is 0 Å². The van der Waals surface area contributed by atoms with Gasteiger partial charge in [0.25, 0.3) is 0 Å². The third-order valence-corrected chi connectivity index (χ3v) is 3.52. The van der Waals surface area contributed by atoms with Crippen molar-refractivity contribution in [1.29, 1.82) is 0 Å². The Balaban J connectivity index is 2.18. The Morgan fingerprint density at radius 2 is 2.05 bits per heavy atom. The van der Waals surface area contributed by atoms with Crippen molar-refractivity contribution in [3.05, 3.63) is 0 Å². The average Bonchev–Trinajstić information content (AvgIpc) is 2.84. The van der Waals surface area contributed by atoms with Gasteiger partial charge in [-0.15, -0.1) is 0 Å². The molecular formula is C13H21NO5. The van der Waals surface area contributed by atoms with Crippen LogP contribution in [-0.2, 0) is 14.3 Å². The molecule has 1 heterocycles. The summed E-state index contributed by atoms with van der Waals surface area (Å²) < 4.78 is 10.3. The highest BCUT2D eigenvalue weighted by Crippen LogP contribution is 2.58. The number of likely N-dealkylation sites (tertiary alicyclic amines) is 1. The molecule has 3 atom stereocenters. The van der Waals surface area contributed by atoms with Gasteiger partial charge in [0.15, 0.2) is 0 Å². The van der Waals surface area contributed by atoms with Crippen LogP contribution in [0.2, 0.25) is 0 Å². The molecule has 0 bridgehead atoms. The third-order valence-electron chi connectivity index (χ3n) is 3.52. The Morgan fingerprint density at radius 3 is 2.58 bits per heavy atom. The number of nitrogens with zero attached hydrogens (tertiary/aromatic N) is 1. The topological polar surface area (TPSA) is 76.1 Å². The van der Waals surface area contributed by atoms with Crippen LogP contribution in [0.5, 0.6) is 0 Å². The second-order valence-electron chi connectivity index (χ2n) is 6.11. The van der Waals surface area contributed by atoms with Crippen LogP contribution in [0.15, 0.2) is 0 Å². The summed E-state index contributed by atoms with van der Waals surface area (Å²) in [5.74, 6) is -0.462. The number of piperidine rings is 1. The molecule has 2 fully saturated rings. The Morgan fingerprint density at radius 1 is 1.42 bits per heavy atom. The highest BCUT2D eigenvalue weighted by molar-refractivity contribution is 5.90. The largest absolute Gasteiger partial charge is 0.464 e. The molecule has 6 nitrogen and oxygen atoms in total. The molecule has 1 unspecified atom stereocenters. The summed E-state index contributed by atoms with van der Waals surface area (Å²) in [6.07, 6.45) is -0.689. The van der Waals surface area contributed by atoms with Gasteiger partial charge in [0.1, 0.15) is 17.4 Å². The van der Waals surface area contributed by atoms with Crippen LogP contribution in [0, 0.1) is 5.92 Å². The number of aliphatic hydroxyl groups is 1. The second kappa shape index (κ2) is 4.37. The summed E-state index contributed by atoms with van der Waals surface area (Å²) in [6.45, 7) is 7.21. The van der Waals surface area contributed by atoms with E-state index in [2.05, 4.69) is 0 Å². The van der Waals surface area contributed by atoms with Crippen molar-refractivity contribution in [3.63, 3.8) is 0 Å². The van der Waals surface area contributed by atoms with Crippen molar-refractivity contribution < 1.29 is 24.2 Å². The molecule has 0 spiro atoms. The number of ether oxygens (including phenoxy) is 2. The number of aliphatic hydroxyl groups excluding tert-OH is 1. The SMILES string of the molecule is CCOC(=O)[C@]12C[C@H]1CC(O)N2C(=O)OC(C)(C)C. The van der Waals surface area contributed by atoms with Gasteiger partial charge in [-0.25, -0.2) is 9.59 Å². The summed E-state index contributed by atoms with van der Waals surface area (Å²) in [5, 5.41) is 9.96. The molecule has 0 aromatic heterocycles. The van der Waals surface area contributed by atoms with E-state index in [0.29, 0.717) is 12.8 Å². The Hall–Kier alpha value is -1.30. The van der Waals surface area contributed by atoms with E-state index in [9.17, 15) is 14.7 Å². The molecule has 0 radical (unpaired) electrons. The lowest BCUT2D eigenvalue weighted by atomic mass is 10.2. The van der Waals surface area contributed by atoms with Gasteiger partial charge in [0, 0.05) is 5.92 Å².